The van der Waals surface area contributed by atoms with Gasteiger partial charge in [0.05, 0.1) is 62.0 Å². The van der Waals surface area contributed by atoms with Crippen LogP contribution in [0.3, 0.4) is 0 Å². The molecule has 0 amide bonds. The highest BCUT2D eigenvalue weighted by Crippen LogP contribution is 2.66. The molecule has 0 unspecified atom stereocenters. The lowest BCUT2D eigenvalue weighted by atomic mass is 9.93. The molecule has 8 heterocycles. The van der Waals surface area contributed by atoms with Crippen LogP contribution in [-0.4, -0.2) is 0 Å². The smallest absolute Gasteiger partial charge is 0.155 e. The van der Waals surface area contributed by atoms with Gasteiger partial charge in [-0.15, -0.1) is 0 Å². The Morgan fingerprint density at radius 3 is 1.18 bits per heavy atom. The number of benzene rings is 13. The number of hydrogen-bond acceptors (Lipinski definition) is 11. The van der Waals surface area contributed by atoms with Gasteiger partial charge in [-0.2, -0.15) is 5.26 Å². The molecule has 94 heavy (non-hydrogen) atoms. The number of nitriles is 1. The minimum atomic E-state index is 0.307. The van der Waals surface area contributed by atoms with E-state index < -0.39 is 0 Å². The fourth-order valence-corrected chi connectivity index (χ4v) is 14.6. The molecule has 3 aliphatic rings. The molecule has 20 rings (SSSR count). The summed E-state index contributed by atoms with van der Waals surface area (Å²) < 4.78 is 48.9. The van der Waals surface area contributed by atoms with Gasteiger partial charge in [0.2, 0.25) is 0 Å². The lowest BCUT2D eigenvalue weighted by Gasteiger charge is -2.41. The number of hydrogen-bond donors (Lipinski definition) is 0. The van der Waals surface area contributed by atoms with Gasteiger partial charge in [0.25, 0.3) is 0 Å². The van der Waals surface area contributed by atoms with E-state index in [0.29, 0.717) is 125 Å². The van der Waals surface area contributed by atoms with Crippen LogP contribution < -0.4 is 28.9 Å². The van der Waals surface area contributed by atoms with Crippen LogP contribution in [0.1, 0.15) is 11.1 Å². The van der Waals surface area contributed by atoms with Crippen LogP contribution in [0.5, 0.6) is 34.5 Å². The number of furan rings is 5. The molecule has 0 saturated carbocycles. The zero-order valence-corrected chi connectivity index (χ0v) is 49.8. The quantitative estimate of drug-likeness (QED) is 0.136. The van der Waals surface area contributed by atoms with Crippen molar-refractivity contribution in [1.82, 2.24) is 0 Å². The summed E-state index contributed by atoms with van der Waals surface area (Å²) in [7, 11) is 0. The van der Waals surface area contributed by atoms with E-state index in [-0.39, 0.29) is 0 Å². The van der Waals surface area contributed by atoms with E-state index in [1.165, 1.54) is 0 Å². The van der Waals surface area contributed by atoms with Crippen molar-refractivity contribution in [3.05, 3.63) is 279 Å². The van der Waals surface area contributed by atoms with E-state index in [1.54, 1.807) is 6.08 Å². The number of allylic oxidation sites excluding steroid dienone is 4. The lowest BCUT2D eigenvalue weighted by Crippen LogP contribution is -2.25. The molecule has 2 bridgehead atoms. The normalized spacial score (nSPS) is 13.2. The number of nitrogens with zero attached hydrogens (tertiary/aromatic N) is 4. The predicted molar refractivity (Wildman–Crippen MR) is 375 cm³/mol. The average Bonchev–Trinajstić information content (AvgIpc) is 1.31. The Morgan fingerprint density at radius 2 is 0.723 bits per heavy atom. The third-order valence-corrected chi connectivity index (χ3v) is 18.7. The molecule has 0 aliphatic carbocycles. The third-order valence-electron chi connectivity index (χ3n) is 18.7. The van der Waals surface area contributed by atoms with Crippen molar-refractivity contribution in [1.29, 1.82) is 5.26 Å². The Morgan fingerprint density at radius 1 is 0.330 bits per heavy atom. The molecule has 3 aliphatic heterocycles. The second-order valence-electron chi connectivity index (χ2n) is 23.8. The van der Waals surface area contributed by atoms with E-state index in [9.17, 15) is 5.26 Å². The number of ether oxygens (including phenoxy) is 3. The van der Waals surface area contributed by atoms with Crippen LogP contribution >= 0.6 is 0 Å². The van der Waals surface area contributed by atoms with Crippen LogP contribution in [0.15, 0.2) is 286 Å². The highest BCUT2D eigenvalue weighted by Gasteiger charge is 2.43. The maximum atomic E-state index is 13.2. The van der Waals surface area contributed by atoms with Crippen molar-refractivity contribution in [2.45, 2.75) is 0 Å². The van der Waals surface area contributed by atoms with Crippen LogP contribution in [-0.2, 0) is 0 Å². The Bertz CT molecular complexity index is 6240. The molecule has 0 fully saturated rings. The Labute approximate surface area is 535 Å². The molecule has 440 valence electrons. The number of rotatable bonds is 8. The minimum absolute atomic E-state index is 0.307. The van der Waals surface area contributed by atoms with Crippen LogP contribution in [0.25, 0.3) is 116 Å². The fourth-order valence-electron chi connectivity index (χ4n) is 14.6. The Hall–Kier alpha value is -13.2. The summed E-state index contributed by atoms with van der Waals surface area (Å²) in [6.07, 6.45) is 5.50. The molecule has 0 N–H and O–H groups in total. The molecule has 17 aromatic rings. The summed E-state index contributed by atoms with van der Waals surface area (Å²) in [4.78, 5) is 6.67. The number of para-hydroxylation sites is 3. The van der Waals surface area contributed by atoms with Crippen molar-refractivity contribution in [3.8, 4) is 62.8 Å². The summed E-state index contributed by atoms with van der Waals surface area (Å²) in [5.41, 5.74) is 17.0. The summed E-state index contributed by atoms with van der Waals surface area (Å²) in [6.45, 7) is 8.24. The minimum Gasteiger partial charge on any atom is -0.456 e. The van der Waals surface area contributed by atoms with E-state index in [2.05, 4.69) is 143 Å². The van der Waals surface area contributed by atoms with Crippen LogP contribution in [0.2, 0.25) is 0 Å². The standard InChI is InChI=1S/C83H46N4O7/c1-3-17-46(4-2)49-28-31-61-73(36-49)92-78-44-72-57(54-24-13-16-27-67(54)90-72)41-64(78)87(61)83-80-69-35-34-68(91-69)79(80)81(85-59-32-29-50(47-18-7-5-8-19-47)37-74(59)93-76-42-70-55(39-62(76)85)52-22-11-14-25-65(52)88-70)58(45-84)82(83)86-60-33-30-51(48-20-9-6-10-21-48)38-75(60)94-77-43-71-56(40-63(77)86)53-23-12-15-26-66(53)89-71/h3-44H,1-2H2. The van der Waals surface area contributed by atoms with Gasteiger partial charge in [-0.05, 0) is 118 Å². The van der Waals surface area contributed by atoms with E-state index in [0.717, 1.165) is 87.8 Å². The highest BCUT2D eigenvalue weighted by atomic mass is 16.5. The van der Waals surface area contributed by atoms with Gasteiger partial charge in [0.15, 0.2) is 34.5 Å². The van der Waals surface area contributed by atoms with Crippen LogP contribution in [0.4, 0.5) is 51.2 Å². The van der Waals surface area contributed by atoms with E-state index in [1.807, 2.05) is 140 Å². The first-order valence-electron chi connectivity index (χ1n) is 31.0. The van der Waals surface area contributed by atoms with Gasteiger partial charge in [-0.3, -0.25) is 0 Å². The molecule has 11 nitrogen and oxygen atoms in total. The number of anilines is 9. The highest BCUT2D eigenvalue weighted by molar-refractivity contribution is 6.28. The Balaban J connectivity index is 0.970. The SMILES string of the molecule is C=CC=C(C=C)c1ccc2c(c1)Oc1cc3oc4ccccc4c3cc1N2c1c(N2c3ccc(-c4ccccc4)cc3Oc3cc4oc5ccccc5c4cc32)c(C#N)c(N2c3ccc(-c4ccccc4)cc3Oc3cc4oc5ccccc5c4cc32)c2c3ccc(o3)c12. The van der Waals surface area contributed by atoms with E-state index in [4.69, 9.17) is 31.9 Å². The molecule has 0 spiro atoms. The lowest BCUT2D eigenvalue weighted by molar-refractivity contribution is 0.475. The second-order valence-corrected chi connectivity index (χ2v) is 23.8. The zero-order chi connectivity index (χ0) is 62.0. The molecule has 12 aromatic carbocycles. The molecular weight excluding hydrogens is 1160 g/mol. The summed E-state index contributed by atoms with van der Waals surface area (Å²) in [5, 5.41) is 20.0. The number of fused-ring (bicyclic) bond motifs is 20. The first kappa shape index (κ1) is 51.7. The fraction of sp³-hybridized carbons (Fsp3) is 0. The van der Waals surface area contributed by atoms with E-state index >= 15 is 0 Å². The van der Waals surface area contributed by atoms with Crippen molar-refractivity contribution < 1.29 is 31.9 Å². The molecule has 0 atom stereocenters. The van der Waals surface area contributed by atoms with Crippen molar-refractivity contribution in [2.24, 2.45) is 0 Å². The maximum absolute atomic E-state index is 13.2. The Kier molecular flexibility index (Phi) is 10.7. The maximum Gasteiger partial charge on any atom is 0.155 e. The van der Waals surface area contributed by atoms with Gasteiger partial charge in [0.1, 0.15) is 56.3 Å². The molecule has 0 saturated heterocycles. The van der Waals surface area contributed by atoms with Crippen molar-refractivity contribution >= 4 is 145 Å². The topological polar surface area (TPSA) is 114 Å². The first-order valence-corrected chi connectivity index (χ1v) is 31.0. The molecule has 5 aromatic heterocycles. The molecule has 11 heteroatoms. The van der Waals surface area contributed by atoms with Gasteiger partial charge >= 0.3 is 0 Å². The van der Waals surface area contributed by atoms with Crippen molar-refractivity contribution in [2.75, 3.05) is 14.7 Å². The average molecular weight is 1210 g/mol. The zero-order valence-electron chi connectivity index (χ0n) is 49.8. The summed E-state index contributed by atoms with van der Waals surface area (Å²) in [6, 6.07) is 82.8. The molecular formula is C83H46N4O7. The summed E-state index contributed by atoms with van der Waals surface area (Å²) in [5.74, 6) is 3.22. The van der Waals surface area contributed by atoms with Crippen molar-refractivity contribution in [3.63, 3.8) is 0 Å². The van der Waals surface area contributed by atoms with Gasteiger partial charge in [-0.25, -0.2) is 0 Å². The third kappa shape index (κ3) is 7.35. The van der Waals surface area contributed by atoms with Crippen LogP contribution in [0, 0.1) is 11.3 Å². The first-order chi connectivity index (χ1) is 46.4. The largest absolute Gasteiger partial charge is 0.456 e. The second kappa shape index (κ2) is 19.4. The van der Waals surface area contributed by atoms with Gasteiger partial charge < -0.3 is 46.6 Å². The van der Waals surface area contributed by atoms with Gasteiger partial charge in [-0.1, -0.05) is 165 Å². The monoisotopic (exact) mass is 1210 g/mol. The predicted octanol–water partition coefficient (Wildman–Crippen LogP) is 24.4. The van der Waals surface area contributed by atoms with Gasteiger partial charge in [0, 0.05) is 50.5 Å². The molecule has 0 radical (unpaired) electrons. The summed E-state index contributed by atoms with van der Waals surface area (Å²) >= 11 is 0.